The lowest BCUT2D eigenvalue weighted by atomic mass is 10.1. The highest BCUT2D eigenvalue weighted by Crippen LogP contribution is 2.17. The van der Waals surface area contributed by atoms with E-state index in [0.29, 0.717) is 24.2 Å². The van der Waals surface area contributed by atoms with Crippen LogP contribution in [-0.4, -0.2) is 39.9 Å². The Bertz CT molecular complexity index is 300. The zero-order chi connectivity index (χ0) is 9.97. The Morgan fingerprint density at radius 3 is 3.00 bits per heavy atom. The van der Waals surface area contributed by atoms with Crippen molar-refractivity contribution in [3.8, 4) is 0 Å². The van der Waals surface area contributed by atoms with Crippen molar-refractivity contribution in [1.82, 2.24) is 15.1 Å². The van der Waals surface area contributed by atoms with Crippen molar-refractivity contribution < 1.29 is 9.52 Å². The third-order valence-electron chi connectivity index (χ3n) is 2.55. The maximum absolute atomic E-state index is 8.98. The number of hydrogen-bond donors (Lipinski definition) is 1. The van der Waals surface area contributed by atoms with Crippen LogP contribution in [0.4, 0.5) is 0 Å². The summed E-state index contributed by atoms with van der Waals surface area (Å²) in [6.07, 6.45) is 1.06. The molecule has 5 nitrogen and oxygen atoms in total. The Kier molecular flexibility index (Phi) is 2.79. The van der Waals surface area contributed by atoms with E-state index in [2.05, 4.69) is 15.1 Å². The van der Waals surface area contributed by atoms with Gasteiger partial charge in [-0.05, 0) is 18.9 Å². The number of rotatable bonds is 3. The lowest BCUT2D eigenvalue weighted by Crippen LogP contribution is -2.21. The standard InChI is InChI=1S/C9H15N3O2/c1-7-10-11-9(14-7)5-12-3-2-8(4-12)6-13/h8,13H,2-6H2,1H3. The summed E-state index contributed by atoms with van der Waals surface area (Å²) < 4.78 is 5.29. The van der Waals surface area contributed by atoms with E-state index in [1.165, 1.54) is 0 Å². The van der Waals surface area contributed by atoms with E-state index in [-0.39, 0.29) is 6.61 Å². The summed E-state index contributed by atoms with van der Waals surface area (Å²) in [5.74, 6) is 1.69. The second-order valence-corrected chi connectivity index (χ2v) is 3.79. The second kappa shape index (κ2) is 4.06. The first kappa shape index (κ1) is 9.61. The Balaban J connectivity index is 1.87. The molecule has 1 aromatic rings. The van der Waals surface area contributed by atoms with Gasteiger partial charge in [0.25, 0.3) is 0 Å². The zero-order valence-electron chi connectivity index (χ0n) is 8.31. The Labute approximate surface area is 82.7 Å². The molecule has 1 saturated heterocycles. The number of hydrogen-bond acceptors (Lipinski definition) is 5. The van der Waals surface area contributed by atoms with Crippen molar-refractivity contribution in [2.45, 2.75) is 19.9 Å². The molecule has 0 spiro atoms. The molecule has 0 aliphatic carbocycles. The summed E-state index contributed by atoms with van der Waals surface area (Å²) >= 11 is 0. The first-order valence-corrected chi connectivity index (χ1v) is 4.90. The van der Waals surface area contributed by atoms with Crippen LogP contribution < -0.4 is 0 Å². The van der Waals surface area contributed by atoms with Gasteiger partial charge in [0.05, 0.1) is 6.54 Å². The molecule has 1 aliphatic rings. The molecule has 0 amide bonds. The van der Waals surface area contributed by atoms with Gasteiger partial charge in [-0.25, -0.2) is 0 Å². The molecular formula is C9H15N3O2. The molecule has 1 N–H and O–H groups in total. The average Bonchev–Trinajstić information content (AvgIpc) is 2.76. The lowest BCUT2D eigenvalue weighted by molar-refractivity contribution is 0.214. The van der Waals surface area contributed by atoms with Crippen LogP contribution in [0.15, 0.2) is 4.42 Å². The van der Waals surface area contributed by atoms with Crippen LogP contribution in [0.1, 0.15) is 18.2 Å². The van der Waals surface area contributed by atoms with Gasteiger partial charge in [0.1, 0.15) is 0 Å². The van der Waals surface area contributed by atoms with Crippen molar-refractivity contribution in [2.75, 3.05) is 19.7 Å². The summed E-state index contributed by atoms with van der Waals surface area (Å²) in [6.45, 7) is 4.71. The highest BCUT2D eigenvalue weighted by atomic mass is 16.4. The van der Waals surface area contributed by atoms with E-state index in [4.69, 9.17) is 9.52 Å². The molecule has 0 bridgehead atoms. The highest BCUT2D eigenvalue weighted by Gasteiger charge is 2.22. The lowest BCUT2D eigenvalue weighted by Gasteiger charge is -2.11. The number of aromatic nitrogens is 2. The topological polar surface area (TPSA) is 62.4 Å². The van der Waals surface area contributed by atoms with Gasteiger partial charge in [-0.3, -0.25) is 4.90 Å². The summed E-state index contributed by atoms with van der Waals surface area (Å²) in [7, 11) is 0. The number of aliphatic hydroxyl groups excluding tert-OH is 1. The third-order valence-corrected chi connectivity index (χ3v) is 2.55. The van der Waals surface area contributed by atoms with E-state index in [1.54, 1.807) is 6.92 Å². The van der Waals surface area contributed by atoms with Gasteiger partial charge in [-0.15, -0.1) is 10.2 Å². The van der Waals surface area contributed by atoms with Crippen LogP contribution in [0.25, 0.3) is 0 Å². The van der Waals surface area contributed by atoms with Gasteiger partial charge in [-0.2, -0.15) is 0 Å². The van der Waals surface area contributed by atoms with Crippen molar-refractivity contribution >= 4 is 0 Å². The van der Waals surface area contributed by atoms with Gasteiger partial charge in [0, 0.05) is 20.1 Å². The Hall–Kier alpha value is -0.940. The SMILES string of the molecule is Cc1nnc(CN2CCC(CO)C2)o1. The van der Waals surface area contributed by atoms with E-state index < -0.39 is 0 Å². The molecule has 0 saturated carbocycles. The number of likely N-dealkylation sites (tertiary alicyclic amines) is 1. The van der Waals surface area contributed by atoms with Crippen LogP contribution in [0.2, 0.25) is 0 Å². The van der Waals surface area contributed by atoms with Gasteiger partial charge < -0.3 is 9.52 Å². The van der Waals surface area contributed by atoms with Gasteiger partial charge in [0.15, 0.2) is 0 Å². The fourth-order valence-electron chi connectivity index (χ4n) is 1.80. The van der Waals surface area contributed by atoms with E-state index >= 15 is 0 Å². The molecule has 1 unspecified atom stereocenters. The molecule has 0 radical (unpaired) electrons. The molecule has 1 aromatic heterocycles. The zero-order valence-corrected chi connectivity index (χ0v) is 8.31. The normalized spacial score (nSPS) is 23.1. The molecule has 1 atom stereocenters. The number of nitrogens with zero attached hydrogens (tertiary/aromatic N) is 3. The number of aryl methyl sites for hydroxylation is 1. The molecule has 2 rings (SSSR count). The van der Waals surface area contributed by atoms with Crippen molar-refractivity contribution in [2.24, 2.45) is 5.92 Å². The molecule has 78 valence electrons. The minimum Gasteiger partial charge on any atom is -0.424 e. The van der Waals surface area contributed by atoms with E-state index in [0.717, 1.165) is 19.5 Å². The molecule has 1 aliphatic heterocycles. The van der Waals surface area contributed by atoms with Crippen LogP contribution in [0, 0.1) is 12.8 Å². The monoisotopic (exact) mass is 197 g/mol. The van der Waals surface area contributed by atoms with Crippen LogP contribution in [-0.2, 0) is 6.54 Å². The third kappa shape index (κ3) is 2.10. The van der Waals surface area contributed by atoms with Gasteiger partial charge in [-0.1, -0.05) is 0 Å². The highest BCUT2D eigenvalue weighted by molar-refractivity contribution is 4.82. The fraction of sp³-hybridized carbons (Fsp3) is 0.778. The van der Waals surface area contributed by atoms with Gasteiger partial charge in [0.2, 0.25) is 11.8 Å². The quantitative estimate of drug-likeness (QED) is 0.749. The minimum absolute atomic E-state index is 0.277. The van der Waals surface area contributed by atoms with Crippen LogP contribution >= 0.6 is 0 Å². The summed E-state index contributed by atoms with van der Waals surface area (Å²) in [5.41, 5.74) is 0. The van der Waals surface area contributed by atoms with Crippen molar-refractivity contribution in [3.05, 3.63) is 11.8 Å². The number of aliphatic hydroxyl groups is 1. The predicted molar refractivity (Wildman–Crippen MR) is 49.5 cm³/mol. The first-order chi connectivity index (χ1) is 6.78. The maximum Gasteiger partial charge on any atom is 0.230 e. The fourth-order valence-corrected chi connectivity index (χ4v) is 1.80. The average molecular weight is 197 g/mol. The van der Waals surface area contributed by atoms with Crippen molar-refractivity contribution in [3.63, 3.8) is 0 Å². The Morgan fingerprint density at radius 1 is 1.57 bits per heavy atom. The van der Waals surface area contributed by atoms with Crippen LogP contribution in [0.3, 0.4) is 0 Å². The summed E-state index contributed by atoms with van der Waals surface area (Å²) in [6, 6.07) is 0. The maximum atomic E-state index is 8.98. The summed E-state index contributed by atoms with van der Waals surface area (Å²) in [5, 5.41) is 16.7. The minimum atomic E-state index is 0.277. The smallest absolute Gasteiger partial charge is 0.230 e. The molecule has 0 aromatic carbocycles. The van der Waals surface area contributed by atoms with E-state index in [9.17, 15) is 0 Å². The first-order valence-electron chi connectivity index (χ1n) is 4.90. The molecular weight excluding hydrogens is 182 g/mol. The van der Waals surface area contributed by atoms with Gasteiger partial charge >= 0.3 is 0 Å². The second-order valence-electron chi connectivity index (χ2n) is 3.79. The molecule has 5 heteroatoms. The molecule has 2 heterocycles. The predicted octanol–water partition coefficient (Wildman–Crippen LogP) is 0.192. The summed E-state index contributed by atoms with van der Waals surface area (Å²) in [4.78, 5) is 2.23. The van der Waals surface area contributed by atoms with Crippen molar-refractivity contribution in [1.29, 1.82) is 0 Å². The molecule has 1 fully saturated rings. The van der Waals surface area contributed by atoms with E-state index in [1.807, 2.05) is 0 Å². The Morgan fingerprint density at radius 2 is 2.43 bits per heavy atom. The van der Waals surface area contributed by atoms with Crippen LogP contribution in [0.5, 0.6) is 0 Å². The largest absolute Gasteiger partial charge is 0.424 e. The molecule has 14 heavy (non-hydrogen) atoms.